The third-order valence-electron chi connectivity index (χ3n) is 1.40. The van der Waals surface area contributed by atoms with Crippen LogP contribution in [0, 0.1) is 0 Å². The highest BCUT2D eigenvalue weighted by Gasteiger charge is 2.42. The molecule has 0 spiro atoms. The van der Waals surface area contributed by atoms with Crippen LogP contribution in [0.5, 0.6) is 0 Å². The van der Waals surface area contributed by atoms with Gasteiger partial charge in [0.1, 0.15) is 0 Å². The van der Waals surface area contributed by atoms with Crippen LogP contribution in [0.3, 0.4) is 0 Å². The van der Waals surface area contributed by atoms with Crippen LogP contribution >= 0.6 is 0 Å². The molecule has 1 aromatic heterocycles. The SMILES string of the molecule is O=C(O)C(NC(=O)C(F)(F)F)c1nn[nH]n1. The van der Waals surface area contributed by atoms with Gasteiger partial charge in [-0.05, 0) is 0 Å². The lowest BCUT2D eigenvalue weighted by Gasteiger charge is -2.11. The van der Waals surface area contributed by atoms with Gasteiger partial charge in [-0.1, -0.05) is 5.21 Å². The van der Waals surface area contributed by atoms with E-state index in [9.17, 15) is 22.8 Å². The van der Waals surface area contributed by atoms with E-state index in [1.54, 1.807) is 0 Å². The Morgan fingerprint density at radius 2 is 2.06 bits per heavy atom. The van der Waals surface area contributed by atoms with Crippen molar-refractivity contribution in [2.45, 2.75) is 12.2 Å². The van der Waals surface area contributed by atoms with E-state index in [2.05, 4.69) is 15.4 Å². The van der Waals surface area contributed by atoms with Crippen LogP contribution in [0.2, 0.25) is 0 Å². The normalized spacial score (nSPS) is 13.2. The number of H-pyrrole nitrogens is 1. The Hall–Kier alpha value is -2.20. The molecule has 0 bridgehead atoms. The van der Waals surface area contributed by atoms with Crippen LogP contribution in [0.1, 0.15) is 11.9 Å². The molecule has 88 valence electrons. The number of nitrogens with one attached hydrogen (secondary N) is 2. The zero-order valence-corrected chi connectivity index (χ0v) is 7.32. The van der Waals surface area contributed by atoms with E-state index in [-0.39, 0.29) is 0 Å². The van der Waals surface area contributed by atoms with Crippen molar-refractivity contribution in [3.8, 4) is 0 Å². The fourth-order valence-electron chi connectivity index (χ4n) is 0.741. The Kier molecular flexibility index (Phi) is 3.06. The van der Waals surface area contributed by atoms with Crippen molar-refractivity contribution in [3.63, 3.8) is 0 Å². The van der Waals surface area contributed by atoms with E-state index in [0.717, 1.165) is 0 Å². The van der Waals surface area contributed by atoms with Gasteiger partial charge in [-0.2, -0.15) is 18.4 Å². The number of tetrazole rings is 1. The number of hydrogen-bond acceptors (Lipinski definition) is 5. The second-order valence-corrected chi connectivity index (χ2v) is 2.51. The maximum absolute atomic E-state index is 11.8. The van der Waals surface area contributed by atoms with Crippen molar-refractivity contribution >= 4 is 11.9 Å². The summed E-state index contributed by atoms with van der Waals surface area (Å²) in [6.45, 7) is 0. The van der Waals surface area contributed by atoms with Crippen molar-refractivity contribution in [3.05, 3.63) is 5.82 Å². The first-order valence-corrected chi connectivity index (χ1v) is 3.66. The summed E-state index contributed by atoms with van der Waals surface area (Å²) in [7, 11) is 0. The first-order chi connectivity index (χ1) is 7.32. The maximum atomic E-state index is 11.8. The maximum Gasteiger partial charge on any atom is 0.471 e. The topological polar surface area (TPSA) is 121 Å². The number of carboxylic acids is 1. The van der Waals surface area contributed by atoms with E-state index in [4.69, 9.17) is 5.11 Å². The van der Waals surface area contributed by atoms with Gasteiger partial charge in [0.15, 0.2) is 6.04 Å². The third-order valence-corrected chi connectivity index (χ3v) is 1.40. The molecule has 0 saturated heterocycles. The number of alkyl halides is 3. The number of nitrogens with zero attached hydrogens (tertiary/aromatic N) is 3. The summed E-state index contributed by atoms with van der Waals surface area (Å²) in [5.74, 6) is -4.71. The third kappa shape index (κ3) is 2.65. The average Bonchev–Trinajstić information content (AvgIpc) is 2.63. The predicted molar refractivity (Wildman–Crippen MR) is 38.8 cm³/mol. The Balaban J connectivity index is 2.83. The van der Waals surface area contributed by atoms with Gasteiger partial charge in [-0.15, -0.1) is 10.2 Å². The van der Waals surface area contributed by atoms with Crippen molar-refractivity contribution in [1.29, 1.82) is 0 Å². The van der Waals surface area contributed by atoms with E-state index in [0.29, 0.717) is 0 Å². The number of hydrogen-bond donors (Lipinski definition) is 3. The highest BCUT2D eigenvalue weighted by molar-refractivity contribution is 5.87. The minimum Gasteiger partial charge on any atom is -0.479 e. The van der Waals surface area contributed by atoms with Crippen LogP contribution in [0.15, 0.2) is 0 Å². The fourth-order valence-corrected chi connectivity index (χ4v) is 0.741. The monoisotopic (exact) mass is 239 g/mol. The number of carbonyl (C=O) groups is 2. The highest BCUT2D eigenvalue weighted by atomic mass is 19.4. The molecule has 11 heteroatoms. The first-order valence-electron chi connectivity index (χ1n) is 3.66. The smallest absolute Gasteiger partial charge is 0.471 e. The minimum absolute atomic E-state index is 0.579. The molecule has 0 saturated carbocycles. The number of aromatic nitrogens is 4. The van der Waals surface area contributed by atoms with Crippen molar-refractivity contribution < 1.29 is 27.9 Å². The highest BCUT2D eigenvalue weighted by Crippen LogP contribution is 2.16. The van der Waals surface area contributed by atoms with Gasteiger partial charge in [-0.25, -0.2) is 4.79 Å². The molecule has 1 heterocycles. The number of halogens is 3. The molecule has 0 aliphatic heterocycles. The molecule has 16 heavy (non-hydrogen) atoms. The van der Waals surface area contributed by atoms with Gasteiger partial charge in [0.25, 0.3) is 0 Å². The number of aromatic amines is 1. The molecule has 1 aromatic rings. The summed E-state index contributed by atoms with van der Waals surface area (Å²) in [5, 5.41) is 20.9. The molecule has 0 aromatic carbocycles. The second kappa shape index (κ2) is 4.12. The Morgan fingerprint density at radius 1 is 1.44 bits per heavy atom. The lowest BCUT2D eigenvalue weighted by Crippen LogP contribution is -2.42. The Morgan fingerprint density at radius 3 is 2.44 bits per heavy atom. The lowest BCUT2D eigenvalue weighted by atomic mass is 10.3. The van der Waals surface area contributed by atoms with Crippen molar-refractivity contribution in [2.75, 3.05) is 0 Å². The summed E-state index contributed by atoms with van der Waals surface area (Å²) in [5.41, 5.74) is 0. The van der Waals surface area contributed by atoms with Gasteiger partial charge < -0.3 is 10.4 Å². The number of amides is 1. The van der Waals surface area contributed by atoms with E-state index < -0.39 is 29.9 Å². The molecule has 0 aliphatic rings. The summed E-state index contributed by atoms with van der Waals surface area (Å²) in [6, 6.07) is -2.01. The number of aliphatic carboxylic acids is 1. The van der Waals surface area contributed by atoms with Crippen LogP contribution in [0.25, 0.3) is 0 Å². The van der Waals surface area contributed by atoms with E-state index in [1.807, 2.05) is 5.21 Å². The molecule has 1 rings (SSSR count). The molecule has 1 atom stereocenters. The first kappa shape index (κ1) is 11.9. The molecule has 8 nitrogen and oxygen atoms in total. The largest absolute Gasteiger partial charge is 0.479 e. The number of rotatable bonds is 3. The molecular weight excluding hydrogens is 235 g/mol. The Bertz CT molecular complexity index is 389. The molecule has 0 aliphatic carbocycles. The lowest BCUT2D eigenvalue weighted by molar-refractivity contribution is -0.175. The summed E-state index contributed by atoms with van der Waals surface area (Å²) >= 11 is 0. The molecule has 3 N–H and O–H groups in total. The Labute approximate surface area is 84.8 Å². The standard InChI is InChI=1S/C5H4F3N5O3/c6-5(7,8)4(16)9-1(3(14)15)2-10-12-13-11-2/h1H,(H,9,16)(H,14,15)(H,10,11,12,13). The van der Waals surface area contributed by atoms with Crippen LogP contribution in [-0.2, 0) is 9.59 Å². The summed E-state index contributed by atoms with van der Waals surface area (Å²) in [6.07, 6.45) is -5.18. The van der Waals surface area contributed by atoms with Gasteiger partial charge in [-0.3, -0.25) is 4.79 Å². The summed E-state index contributed by atoms with van der Waals surface area (Å²) < 4.78 is 35.5. The van der Waals surface area contributed by atoms with Crippen molar-refractivity contribution in [1.82, 2.24) is 25.9 Å². The van der Waals surface area contributed by atoms with Gasteiger partial charge in [0, 0.05) is 0 Å². The number of carboxylic acid groups (broad SMARTS) is 1. The molecule has 1 amide bonds. The molecular formula is C5H4F3N5O3. The molecule has 0 fully saturated rings. The average molecular weight is 239 g/mol. The van der Waals surface area contributed by atoms with Crippen LogP contribution < -0.4 is 5.32 Å². The molecule has 0 radical (unpaired) electrons. The van der Waals surface area contributed by atoms with Gasteiger partial charge in [0.05, 0.1) is 0 Å². The zero-order chi connectivity index (χ0) is 12.3. The zero-order valence-electron chi connectivity index (χ0n) is 7.32. The van der Waals surface area contributed by atoms with Gasteiger partial charge >= 0.3 is 18.1 Å². The van der Waals surface area contributed by atoms with E-state index >= 15 is 0 Å². The van der Waals surface area contributed by atoms with Crippen molar-refractivity contribution in [2.24, 2.45) is 0 Å². The summed E-state index contributed by atoms with van der Waals surface area (Å²) in [4.78, 5) is 21.0. The van der Waals surface area contributed by atoms with Crippen LogP contribution in [0.4, 0.5) is 13.2 Å². The fraction of sp³-hybridized carbons (Fsp3) is 0.400. The second-order valence-electron chi connectivity index (χ2n) is 2.51. The van der Waals surface area contributed by atoms with Crippen LogP contribution in [-0.4, -0.2) is 43.8 Å². The minimum atomic E-state index is -5.18. The predicted octanol–water partition coefficient (Wildman–Crippen LogP) is -0.996. The van der Waals surface area contributed by atoms with E-state index in [1.165, 1.54) is 5.32 Å². The quantitative estimate of drug-likeness (QED) is 0.622. The number of carbonyl (C=O) groups excluding carboxylic acids is 1. The molecule has 1 unspecified atom stereocenters. The van der Waals surface area contributed by atoms with Gasteiger partial charge in [0.2, 0.25) is 5.82 Å².